The van der Waals surface area contributed by atoms with E-state index in [1.165, 1.54) is 12.8 Å². The molecule has 1 amide bonds. The van der Waals surface area contributed by atoms with Crippen LogP contribution in [0.4, 0.5) is 5.95 Å². The second-order valence-corrected chi connectivity index (χ2v) is 4.57. The first-order valence-corrected chi connectivity index (χ1v) is 5.99. The Morgan fingerprint density at radius 2 is 2.44 bits per heavy atom. The first kappa shape index (κ1) is 14.8. The molecule has 1 aliphatic heterocycles. The van der Waals surface area contributed by atoms with Gasteiger partial charge in [0.15, 0.2) is 0 Å². The Morgan fingerprint density at radius 3 is 3.06 bits per heavy atom. The van der Waals surface area contributed by atoms with Crippen LogP contribution in [0.2, 0.25) is 0 Å². The van der Waals surface area contributed by atoms with Gasteiger partial charge in [-0.15, -0.1) is 17.5 Å². The summed E-state index contributed by atoms with van der Waals surface area (Å²) in [4.78, 5) is 11.7. The van der Waals surface area contributed by atoms with Gasteiger partial charge in [0, 0.05) is 6.42 Å². The summed E-state index contributed by atoms with van der Waals surface area (Å²) in [5, 5.41) is 19.0. The van der Waals surface area contributed by atoms with E-state index in [4.69, 9.17) is 0 Å². The van der Waals surface area contributed by atoms with E-state index >= 15 is 0 Å². The Kier molecular flexibility index (Phi) is 6.00. The predicted octanol–water partition coefficient (Wildman–Crippen LogP) is 0.586. The molecule has 2 heterocycles. The predicted molar refractivity (Wildman–Crippen MR) is 69.4 cm³/mol. The summed E-state index contributed by atoms with van der Waals surface area (Å²) in [6.45, 7) is 4.22. The van der Waals surface area contributed by atoms with E-state index in [1.807, 2.05) is 0 Å². The lowest BCUT2D eigenvalue weighted by atomic mass is 9.85. The van der Waals surface area contributed by atoms with Gasteiger partial charge < -0.3 is 5.32 Å². The Bertz CT molecular complexity index is 351. The average molecular weight is 275 g/mol. The minimum atomic E-state index is -0.0514. The van der Waals surface area contributed by atoms with E-state index in [0.717, 1.165) is 13.1 Å². The highest BCUT2D eigenvalue weighted by molar-refractivity contribution is 5.88. The van der Waals surface area contributed by atoms with Crippen molar-refractivity contribution >= 4 is 24.3 Å². The zero-order valence-corrected chi connectivity index (χ0v) is 11.2. The number of carbonyl (C=O) groups is 1. The molecule has 3 N–H and O–H groups in total. The second-order valence-electron chi connectivity index (χ2n) is 4.57. The number of piperidine rings is 1. The van der Waals surface area contributed by atoms with Gasteiger partial charge in [0.2, 0.25) is 5.91 Å². The molecule has 1 fully saturated rings. The molecule has 2 rings (SSSR count). The van der Waals surface area contributed by atoms with E-state index in [2.05, 4.69) is 38.2 Å². The molecule has 2 unspecified atom stereocenters. The third-order valence-electron chi connectivity index (χ3n) is 3.24. The number of carbonyl (C=O) groups excluding carboxylic acids is 1. The molecule has 1 saturated heterocycles. The quantitative estimate of drug-likeness (QED) is 0.747. The lowest BCUT2D eigenvalue weighted by molar-refractivity contribution is -0.117. The molecule has 0 bridgehead atoms. The maximum absolute atomic E-state index is 11.7. The summed E-state index contributed by atoms with van der Waals surface area (Å²) in [5.41, 5.74) is 0. The highest BCUT2D eigenvalue weighted by Crippen LogP contribution is 2.22. The molecule has 1 aliphatic rings. The van der Waals surface area contributed by atoms with E-state index in [-0.39, 0.29) is 24.3 Å². The number of tetrazole rings is 1. The number of H-pyrrole nitrogens is 1. The molecule has 102 valence electrons. The van der Waals surface area contributed by atoms with Crippen LogP contribution in [0.5, 0.6) is 0 Å². The molecule has 0 spiro atoms. The number of anilines is 1. The van der Waals surface area contributed by atoms with Crippen molar-refractivity contribution in [3.05, 3.63) is 0 Å². The van der Waals surface area contributed by atoms with Crippen LogP contribution in [0.25, 0.3) is 0 Å². The number of rotatable bonds is 4. The van der Waals surface area contributed by atoms with Crippen LogP contribution in [0.3, 0.4) is 0 Å². The van der Waals surface area contributed by atoms with Crippen molar-refractivity contribution in [2.24, 2.45) is 11.8 Å². The summed E-state index contributed by atoms with van der Waals surface area (Å²) in [7, 11) is 0. The van der Waals surface area contributed by atoms with Crippen LogP contribution < -0.4 is 10.6 Å². The number of aromatic amines is 1. The number of nitrogens with one attached hydrogen (secondary N) is 3. The lowest BCUT2D eigenvalue weighted by Gasteiger charge is -2.27. The molecular weight excluding hydrogens is 256 g/mol. The van der Waals surface area contributed by atoms with Crippen LogP contribution in [-0.4, -0.2) is 39.6 Å². The Labute approximate surface area is 112 Å². The van der Waals surface area contributed by atoms with Crippen molar-refractivity contribution in [1.29, 1.82) is 0 Å². The minimum Gasteiger partial charge on any atom is -0.316 e. The summed E-state index contributed by atoms with van der Waals surface area (Å²) in [5.74, 6) is 1.14. The first-order chi connectivity index (χ1) is 8.25. The molecule has 1 aromatic heterocycles. The molecule has 0 aromatic carbocycles. The molecule has 8 heteroatoms. The van der Waals surface area contributed by atoms with Gasteiger partial charge in [-0.2, -0.15) is 5.21 Å². The first-order valence-electron chi connectivity index (χ1n) is 5.99. The van der Waals surface area contributed by atoms with Crippen molar-refractivity contribution < 1.29 is 4.79 Å². The minimum absolute atomic E-state index is 0. The number of hydrogen-bond acceptors (Lipinski definition) is 5. The monoisotopic (exact) mass is 274 g/mol. The molecule has 7 nitrogen and oxygen atoms in total. The van der Waals surface area contributed by atoms with Gasteiger partial charge >= 0.3 is 0 Å². The number of nitrogens with zero attached hydrogens (tertiary/aromatic N) is 3. The summed E-state index contributed by atoms with van der Waals surface area (Å²) in [6.07, 6.45) is 2.89. The highest BCUT2D eigenvalue weighted by Gasteiger charge is 2.22. The molecule has 0 saturated carbocycles. The van der Waals surface area contributed by atoms with Gasteiger partial charge in [0.25, 0.3) is 5.95 Å². The average Bonchev–Trinajstić information content (AvgIpc) is 2.82. The fourth-order valence-corrected chi connectivity index (χ4v) is 2.21. The van der Waals surface area contributed by atoms with Gasteiger partial charge in [0.05, 0.1) is 0 Å². The number of hydrogen-bond donors (Lipinski definition) is 3. The van der Waals surface area contributed by atoms with E-state index in [9.17, 15) is 4.79 Å². The second kappa shape index (κ2) is 7.27. The third-order valence-corrected chi connectivity index (χ3v) is 3.24. The fraction of sp³-hybridized carbons (Fsp3) is 0.800. The molecule has 0 radical (unpaired) electrons. The van der Waals surface area contributed by atoms with E-state index < -0.39 is 0 Å². The zero-order valence-electron chi connectivity index (χ0n) is 10.3. The summed E-state index contributed by atoms with van der Waals surface area (Å²) in [6, 6.07) is 0. The van der Waals surface area contributed by atoms with Crippen molar-refractivity contribution in [3.63, 3.8) is 0 Å². The normalized spacial score (nSPS) is 20.8. The van der Waals surface area contributed by atoms with Crippen molar-refractivity contribution in [2.45, 2.75) is 26.2 Å². The van der Waals surface area contributed by atoms with Crippen molar-refractivity contribution in [2.75, 3.05) is 18.4 Å². The smallest absolute Gasteiger partial charge is 0.269 e. The third kappa shape index (κ3) is 4.23. The van der Waals surface area contributed by atoms with Gasteiger partial charge in [-0.25, -0.2) is 0 Å². The topological polar surface area (TPSA) is 95.6 Å². The van der Waals surface area contributed by atoms with Crippen LogP contribution >= 0.6 is 12.4 Å². The van der Waals surface area contributed by atoms with Gasteiger partial charge in [-0.3, -0.25) is 10.1 Å². The number of amides is 1. The lowest BCUT2D eigenvalue weighted by Crippen LogP contribution is -2.34. The number of halogens is 1. The van der Waals surface area contributed by atoms with Crippen LogP contribution in [0, 0.1) is 11.8 Å². The van der Waals surface area contributed by atoms with Crippen molar-refractivity contribution in [3.8, 4) is 0 Å². The Morgan fingerprint density at radius 1 is 1.61 bits per heavy atom. The zero-order chi connectivity index (χ0) is 12.1. The highest BCUT2D eigenvalue weighted by atomic mass is 35.5. The fourth-order valence-electron chi connectivity index (χ4n) is 2.21. The standard InChI is InChI=1S/C10H18N6O.ClH/c1-7(8-3-2-4-11-6-8)5-9(17)12-10-13-15-16-14-10;/h7-8,11H,2-6H2,1H3,(H2,12,13,14,15,16,17);1H. The van der Waals surface area contributed by atoms with Crippen LogP contribution in [0.15, 0.2) is 0 Å². The molecular formula is C10H19ClN6O. The van der Waals surface area contributed by atoms with Crippen LogP contribution in [-0.2, 0) is 4.79 Å². The maximum Gasteiger partial charge on any atom is 0.269 e. The van der Waals surface area contributed by atoms with E-state index in [0.29, 0.717) is 18.3 Å². The van der Waals surface area contributed by atoms with Crippen LogP contribution in [0.1, 0.15) is 26.2 Å². The largest absolute Gasteiger partial charge is 0.316 e. The van der Waals surface area contributed by atoms with E-state index in [1.54, 1.807) is 0 Å². The van der Waals surface area contributed by atoms with Gasteiger partial charge in [0.1, 0.15) is 0 Å². The molecule has 2 atom stereocenters. The van der Waals surface area contributed by atoms with Gasteiger partial charge in [-0.1, -0.05) is 12.0 Å². The molecule has 18 heavy (non-hydrogen) atoms. The Hall–Kier alpha value is -1.21. The summed E-state index contributed by atoms with van der Waals surface area (Å²) >= 11 is 0. The molecule has 0 aliphatic carbocycles. The summed E-state index contributed by atoms with van der Waals surface area (Å²) < 4.78 is 0. The van der Waals surface area contributed by atoms with Crippen molar-refractivity contribution in [1.82, 2.24) is 25.9 Å². The van der Waals surface area contributed by atoms with Gasteiger partial charge in [-0.05, 0) is 43.0 Å². The Balaban J connectivity index is 0.00000162. The molecule has 1 aromatic rings. The maximum atomic E-state index is 11.7. The SMILES string of the molecule is CC(CC(=O)Nc1nn[nH]n1)C1CCCNC1.Cl. The number of aromatic nitrogens is 4.